The Hall–Kier alpha value is -14.9. The predicted octanol–water partition coefficient (Wildman–Crippen LogP) is 30.1. The maximum atomic E-state index is 6.42. The Labute approximate surface area is 705 Å². The fourth-order valence-corrected chi connectivity index (χ4v) is 18.9. The number of hydrogen-bond acceptors (Lipinski definition) is 6. The summed E-state index contributed by atoms with van der Waals surface area (Å²) in [7, 11) is 0. The van der Waals surface area contributed by atoms with Crippen LogP contribution in [0.2, 0.25) is 0 Å². The van der Waals surface area contributed by atoms with Crippen LogP contribution in [0.3, 0.4) is 0 Å². The summed E-state index contributed by atoms with van der Waals surface area (Å²) in [6.45, 7) is 4.24. The van der Waals surface area contributed by atoms with Crippen molar-refractivity contribution in [3.8, 4) is 107 Å². The Kier molecular flexibility index (Phi) is 18.5. The number of fused-ring (bicyclic) bond motifs is 8. The van der Waals surface area contributed by atoms with Gasteiger partial charge in [0.15, 0.2) is 0 Å². The molecule has 16 aromatic rings. The van der Waals surface area contributed by atoms with E-state index in [4.69, 9.17) is 29.2 Å². The molecule has 0 radical (unpaired) electrons. The van der Waals surface area contributed by atoms with Gasteiger partial charge >= 0.3 is 0 Å². The number of pyridine rings is 2. The molecule has 3 unspecified atom stereocenters. The third kappa shape index (κ3) is 13.8. The van der Waals surface area contributed by atoms with Gasteiger partial charge in [-0.3, -0.25) is 4.99 Å². The standard InChI is InChI=1S/C41H29NO.C39H27NO.C35H27NO/c1-3-10-28-22-30(18-16-26(28)8-1)37-24-32(25-38(42-37)31-19-17-27-9-2-4-11-29(27)23-31)33-20-21-40-41-35(33)13-7-14-36(41)34-12-5-6-15-39(34)43-40;1-3-11-26(12-4-1)28-15-9-16-29(23-28)36-25-30(24-35(40-36)27-13-5-2-6-14-27)31-21-22-38-39-33(31)18-10-19-34(39)32-17-7-8-20-37(32)41-38;1-22-10-14-24(15-11-22)31-20-26(21-32(36-31)25-16-12-23(2)13-17-25)27-18-19-34-35-29(27)7-5-8-30(35)28-6-3-4-9-33(28)37-34/h1,3-8,10-23,25,37H,2,9,24H2;1,3-5,7-25H,2,6H2;3-21,29,35H,1-2H3. The molecule has 0 bridgehead atoms. The molecule has 6 heteroatoms. The molecule has 24 rings (SSSR count). The summed E-state index contributed by atoms with van der Waals surface area (Å²) in [5, 5.41) is 7.26. The molecule has 0 amide bonds. The van der Waals surface area contributed by atoms with Gasteiger partial charge in [-0.15, -0.1) is 0 Å². The first-order chi connectivity index (χ1) is 59.7. The molecule has 3 atom stereocenters. The normalized spacial score (nSPS) is 16.3. The van der Waals surface area contributed by atoms with E-state index < -0.39 is 0 Å². The van der Waals surface area contributed by atoms with Crippen molar-refractivity contribution >= 4 is 66.4 Å². The number of dihydropyridines is 1. The van der Waals surface area contributed by atoms with Gasteiger partial charge < -0.3 is 14.2 Å². The van der Waals surface area contributed by atoms with Gasteiger partial charge in [0.05, 0.1) is 40.4 Å². The molecule has 121 heavy (non-hydrogen) atoms. The van der Waals surface area contributed by atoms with Crippen molar-refractivity contribution in [1.29, 1.82) is 0 Å². The summed E-state index contributed by atoms with van der Waals surface area (Å²) in [5.74, 6) is 5.99. The SMILES string of the molecule is C1=CC(c2cc(-c3ccc4c5c(cccc35)-c3ccccc3O4)cc(-c3cccc(-c4ccccc4)c3)n2)=CCC1.C1=Cc2cc(C3=NC(c4ccc5ccccc5c4)CC(c4ccc5c6c(cccc46)-c4ccccc4O5)=C3)ccc2CC1.Cc1ccc(-c2cc(C3=CC=C4Oc5ccccc5C5=CC=CC3C45)cc(-c3ccc(C)cc3)n2)cc1. The molecular weight excluding hydrogens is 1470 g/mol. The van der Waals surface area contributed by atoms with Gasteiger partial charge in [-0.05, 0) is 236 Å². The molecule has 576 valence electrons. The average Bonchev–Trinajstić information content (AvgIpc) is 0.753. The van der Waals surface area contributed by atoms with E-state index in [0.29, 0.717) is 0 Å². The van der Waals surface area contributed by atoms with E-state index in [9.17, 15) is 0 Å². The highest BCUT2D eigenvalue weighted by atomic mass is 16.5. The number of aliphatic imine (C=N–C) groups is 1. The second-order valence-corrected chi connectivity index (χ2v) is 32.6. The molecule has 6 nitrogen and oxygen atoms in total. The van der Waals surface area contributed by atoms with Crippen LogP contribution >= 0.6 is 0 Å². The quantitative estimate of drug-likeness (QED) is 0.137. The third-order valence-electron chi connectivity index (χ3n) is 25.0. The zero-order valence-electron chi connectivity index (χ0n) is 67.3. The number of para-hydroxylation sites is 3. The number of rotatable bonds is 10. The van der Waals surface area contributed by atoms with Crippen LogP contribution in [0.5, 0.6) is 28.7 Å². The van der Waals surface area contributed by atoms with Crippen LogP contribution in [0, 0.1) is 25.7 Å². The zero-order valence-corrected chi connectivity index (χ0v) is 67.3. The van der Waals surface area contributed by atoms with Crippen LogP contribution in [0.25, 0.3) is 139 Å². The number of aryl methyl sites for hydroxylation is 3. The topological polar surface area (TPSA) is 65.8 Å². The average molecular weight is 1550 g/mol. The summed E-state index contributed by atoms with van der Waals surface area (Å²) in [6.07, 6.45) is 30.0. The van der Waals surface area contributed by atoms with E-state index in [2.05, 4.69) is 378 Å². The molecule has 0 saturated heterocycles. The van der Waals surface area contributed by atoms with E-state index in [0.717, 1.165) is 134 Å². The van der Waals surface area contributed by atoms with E-state index in [1.54, 1.807) is 0 Å². The van der Waals surface area contributed by atoms with Crippen molar-refractivity contribution in [3.05, 3.63) is 444 Å². The summed E-state index contributed by atoms with van der Waals surface area (Å²) < 4.78 is 19.2. The molecule has 0 spiro atoms. The molecule has 4 aliphatic heterocycles. The number of allylic oxidation sites excluding steroid dienone is 13. The highest BCUT2D eigenvalue weighted by Crippen LogP contribution is 2.55. The lowest BCUT2D eigenvalue weighted by molar-refractivity contribution is 0.343. The number of hydrogen-bond donors (Lipinski definition) is 0. The summed E-state index contributed by atoms with van der Waals surface area (Å²) in [4.78, 5) is 15.8. The number of ether oxygens (including phenoxy) is 3. The second kappa shape index (κ2) is 30.9. The van der Waals surface area contributed by atoms with Gasteiger partial charge in [0.25, 0.3) is 0 Å². The van der Waals surface area contributed by atoms with E-state index in [1.807, 2.05) is 24.3 Å². The van der Waals surface area contributed by atoms with Gasteiger partial charge in [-0.25, -0.2) is 9.97 Å². The third-order valence-corrected chi connectivity index (χ3v) is 25.0. The first kappa shape index (κ1) is 72.6. The van der Waals surface area contributed by atoms with Crippen LogP contribution in [0.4, 0.5) is 0 Å². The smallest absolute Gasteiger partial charge is 0.135 e. The van der Waals surface area contributed by atoms with Gasteiger partial charge in [0, 0.05) is 55.6 Å². The Morgan fingerprint density at radius 2 is 0.942 bits per heavy atom. The van der Waals surface area contributed by atoms with Crippen LogP contribution in [-0.2, 0) is 6.42 Å². The Balaban J connectivity index is 0.000000109. The minimum absolute atomic E-state index is 0.0222. The molecule has 0 N–H and O–H groups in total. The van der Waals surface area contributed by atoms with Crippen LogP contribution in [-0.4, -0.2) is 15.7 Å². The van der Waals surface area contributed by atoms with Crippen molar-refractivity contribution in [2.45, 2.75) is 52.0 Å². The first-order valence-electron chi connectivity index (χ1n) is 42.3. The lowest BCUT2D eigenvalue weighted by Gasteiger charge is -2.39. The van der Waals surface area contributed by atoms with Crippen molar-refractivity contribution in [2.75, 3.05) is 0 Å². The minimum Gasteiger partial charge on any atom is -0.460 e. The van der Waals surface area contributed by atoms with Crippen LogP contribution in [0.1, 0.15) is 87.5 Å². The van der Waals surface area contributed by atoms with Crippen LogP contribution in [0.15, 0.2) is 393 Å². The number of benzene rings is 14. The van der Waals surface area contributed by atoms with Gasteiger partial charge in [-0.2, -0.15) is 0 Å². The fraction of sp³-hybridized carbons (Fsp3) is 0.0870. The number of aromatic nitrogens is 2. The first-order valence-corrected chi connectivity index (χ1v) is 42.3. The molecule has 8 aliphatic rings. The van der Waals surface area contributed by atoms with Crippen molar-refractivity contribution in [3.63, 3.8) is 0 Å². The lowest BCUT2D eigenvalue weighted by Crippen LogP contribution is -2.28. The molecule has 6 heterocycles. The minimum atomic E-state index is 0.0222. The van der Waals surface area contributed by atoms with Gasteiger partial charge in [-0.1, -0.05) is 315 Å². The summed E-state index contributed by atoms with van der Waals surface area (Å²) >= 11 is 0. The van der Waals surface area contributed by atoms with Crippen molar-refractivity contribution in [1.82, 2.24) is 9.97 Å². The fourth-order valence-electron chi connectivity index (χ4n) is 18.9. The van der Waals surface area contributed by atoms with E-state index >= 15 is 0 Å². The highest BCUT2D eigenvalue weighted by Gasteiger charge is 2.40. The largest absolute Gasteiger partial charge is 0.460 e. The second-order valence-electron chi connectivity index (χ2n) is 32.6. The Morgan fingerprint density at radius 1 is 0.355 bits per heavy atom. The number of nitrogens with zero attached hydrogens (tertiary/aromatic N) is 3. The Bertz CT molecular complexity index is 7160. The molecular formula is C115H83N3O3. The summed E-state index contributed by atoms with van der Waals surface area (Å²) in [6, 6.07) is 115. The van der Waals surface area contributed by atoms with E-state index in [-0.39, 0.29) is 17.9 Å². The van der Waals surface area contributed by atoms with Crippen molar-refractivity contribution < 1.29 is 14.2 Å². The summed E-state index contributed by atoms with van der Waals surface area (Å²) in [5.41, 5.74) is 34.2. The Morgan fingerprint density at radius 3 is 1.66 bits per heavy atom. The molecule has 0 saturated carbocycles. The molecule has 2 aromatic heterocycles. The van der Waals surface area contributed by atoms with Crippen molar-refractivity contribution in [2.24, 2.45) is 16.8 Å². The highest BCUT2D eigenvalue weighted by molar-refractivity contribution is 6.17. The van der Waals surface area contributed by atoms with Crippen LogP contribution < -0.4 is 14.2 Å². The molecule has 0 fully saturated rings. The predicted molar refractivity (Wildman–Crippen MR) is 501 cm³/mol. The molecule has 14 aromatic carbocycles. The monoisotopic (exact) mass is 1550 g/mol. The van der Waals surface area contributed by atoms with Gasteiger partial charge in [0.1, 0.15) is 34.5 Å². The zero-order chi connectivity index (χ0) is 80.4. The van der Waals surface area contributed by atoms with E-state index in [1.165, 1.54) is 127 Å². The van der Waals surface area contributed by atoms with Gasteiger partial charge in [0.2, 0.25) is 0 Å². The maximum Gasteiger partial charge on any atom is 0.135 e. The maximum absolute atomic E-state index is 6.42. The lowest BCUT2D eigenvalue weighted by atomic mass is 9.69. The molecule has 4 aliphatic carbocycles.